The number of halogens is 1. The van der Waals surface area contributed by atoms with Gasteiger partial charge in [-0.3, -0.25) is 0 Å². The van der Waals surface area contributed by atoms with E-state index in [0.29, 0.717) is 0 Å². The van der Waals surface area contributed by atoms with Gasteiger partial charge in [0, 0.05) is 15.8 Å². The minimum atomic E-state index is -0.127. The van der Waals surface area contributed by atoms with Crippen LogP contribution in [0.3, 0.4) is 0 Å². The fraction of sp³-hybridized carbons (Fsp3) is 0.417. The van der Waals surface area contributed by atoms with Gasteiger partial charge in [0.25, 0.3) is 0 Å². The van der Waals surface area contributed by atoms with E-state index < -0.39 is 0 Å². The molecule has 3 nitrogen and oxygen atoms in total. The predicted molar refractivity (Wildman–Crippen MR) is 75.8 cm³/mol. The second-order valence-electron chi connectivity index (χ2n) is 3.69. The minimum absolute atomic E-state index is 0.127. The maximum atomic E-state index is 11.5. The summed E-state index contributed by atoms with van der Waals surface area (Å²) in [7, 11) is 0. The average Bonchev–Trinajstić information content (AvgIpc) is 2.23. The highest BCUT2D eigenvalue weighted by Crippen LogP contribution is 2.17. The van der Waals surface area contributed by atoms with Crippen molar-refractivity contribution in [3.63, 3.8) is 0 Å². The first kappa shape index (κ1) is 13.3. The Bertz CT molecular complexity index is 366. The Labute approximate surface area is 110 Å². The van der Waals surface area contributed by atoms with Gasteiger partial charge >= 0.3 is 6.03 Å². The van der Waals surface area contributed by atoms with E-state index in [1.807, 2.05) is 25.1 Å². The summed E-state index contributed by atoms with van der Waals surface area (Å²) in [5.74, 6) is 0. The summed E-state index contributed by atoms with van der Waals surface area (Å²) in [4.78, 5) is 11.5. The number of unbranched alkanes of at least 4 members (excludes halogenated alkanes) is 1. The highest BCUT2D eigenvalue weighted by molar-refractivity contribution is 14.1. The minimum Gasteiger partial charge on any atom is -0.338 e. The van der Waals surface area contributed by atoms with Crippen LogP contribution in [0.5, 0.6) is 0 Å². The van der Waals surface area contributed by atoms with Gasteiger partial charge in [-0.2, -0.15) is 0 Å². The summed E-state index contributed by atoms with van der Waals surface area (Å²) in [5.41, 5.74) is 1.95. The molecule has 0 bridgehead atoms. The van der Waals surface area contributed by atoms with Gasteiger partial charge in [-0.25, -0.2) is 4.79 Å². The molecule has 0 heterocycles. The molecule has 16 heavy (non-hydrogen) atoms. The van der Waals surface area contributed by atoms with Crippen molar-refractivity contribution in [2.24, 2.45) is 0 Å². The first-order valence-corrected chi connectivity index (χ1v) is 6.52. The monoisotopic (exact) mass is 332 g/mol. The Morgan fingerprint density at radius 1 is 1.44 bits per heavy atom. The van der Waals surface area contributed by atoms with Crippen molar-refractivity contribution in [2.75, 3.05) is 11.9 Å². The van der Waals surface area contributed by atoms with E-state index in [2.05, 4.69) is 40.1 Å². The number of aryl methyl sites for hydroxylation is 1. The number of amides is 2. The van der Waals surface area contributed by atoms with Gasteiger partial charge in [-0.05, 0) is 59.7 Å². The zero-order valence-corrected chi connectivity index (χ0v) is 11.8. The van der Waals surface area contributed by atoms with Crippen molar-refractivity contribution < 1.29 is 4.79 Å². The van der Waals surface area contributed by atoms with Crippen LogP contribution >= 0.6 is 22.6 Å². The third-order valence-electron chi connectivity index (χ3n) is 2.25. The van der Waals surface area contributed by atoms with E-state index in [1.54, 1.807) is 0 Å². The average molecular weight is 332 g/mol. The maximum Gasteiger partial charge on any atom is 0.319 e. The van der Waals surface area contributed by atoms with E-state index in [-0.39, 0.29) is 6.03 Å². The van der Waals surface area contributed by atoms with Gasteiger partial charge in [-0.1, -0.05) is 13.3 Å². The normalized spacial score (nSPS) is 9.94. The lowest BCUT2D eigenvalue weighted by atomic mass is 10.2. The highest BCUT2D eigenvalue weighted by Gasteiger charge is 2.03. The topological polar surface area (TPSA) is 41.1 Å². The predicted octanol–water partition coefficient (Wildman–Crippen LogP) is 3.52. The van der Waals surface area contributed by atoms with Crippen molar-refractivity contribution >= 4 is 34.3 Å². The SMILES string of the molecule is CCCCNC(=O)Nc1ccc(I)cc1C. The van der Waals surface area contributed by atoms with Gasteiger partial charge in [0.2, 0.25) is 0 Å². The molecule has 0 fully saturated rings. The van der Waals surface area contributed by atoms with E-state index >= 15 is 0 Å². The molecule has 88 valence electrons. The molecule has 1 rings (SSSR count). The number of carbonyl (C=O) groups excluding carboxylic acids is 1. The Hall–Kier alpha value is -0.780. The molecule has 0 aliphatic heterocycles. The van der Waals surface area contributed by atoms with Crippen LogP contribution in [0.25, 0.3) is 0 Å². The lowest BCUT2D eigenvalue weighted by molar-refractivity contribution is 0.252. The van der Waals surface area contributed by atoms with E-state index in [0.717, 1.165) is 30.6 Å². The number of hydrogen-bond acceptors (Lipinski definition) is 1. The van der Waals surface area contributed by atoms with Crippen LogP contribution in [0.15, 0.2) is 18.2 Å². The number of urea groups is 1. The molecule has 0 atom stereocenters. The number of hydrogen-bond donors (Lipinski definition) is 2. The second-order valence-corrected chi connectivity index (χ2v) is 4.94. The van der Waals surface area contributed by atoms with E-state index in [4.69, 9.17) is 0 Å². The first-order chi connectivity index (χ1) is 7.63. The van der Waals surface area contributed by atoms with Crippen molar-refractivity contribution in [3.8, 4) is 0 Å². The third-order valence-corrected chi connectivity index (χ3v) is 2.92. The quantitative estimate of drug-likeness (QED) is 0.643. The van der Waals surface area contributed by atoms with Crippen LogP contribution < -0.4 is 10.6 Å². The Kier molecular flexibility index (Phi) is 5.59. The van der Waals surface area contributed by atoms with Gasteiger partial charge < -0.3 is 10.6 Å². The molecule has 4 heteroatoms. The molecule has 0 spiro atoms. The molecule has 0 saturated heterocycles. The number of anilines is 1. The number of benzene rings is 1. The molecule has 2 N–H and O–H groups in total. The summed E-state index contributed by atoms with van der Waals surface area (Å²) < 4.78 is 1.17. The molecule has 0 unspecified atom stereocenters. The molecular formula is C12H17IN2O. The van der Waals surface area contributed by atoms with Crippen LogP contribution in [0.1, 0.15) is 25.3 Å². The molecular weight excluding hydrogens is 315 g/mol. The zero-order valence-electron chi connectivity index (χ0n) is 9.64. The van der Waals surface area contributed by atoms with Crippen molar-refractivity contribution in [1.29, 1.82) is 0 Å². The highest BCUT2D eigenvalue weighted by atomic mass is 127. The van der Waals surface area contributed by atoms with Crippen molar-refractivity contribution in [1.82, 2.24) is 5.32 Å². The van der Waals surface area contributed by atoms with E-state index in [1.165, 1.54) is 3.57 Å². The van der Waals surface area contributed by atoms with Crippen LogP contribution in [0.4, 0.5) is 10.5 Å². The molecule has 0 aliphatic carbocycles. The fourth-order valence-electron chi connectivity index (χ4n) is 1.31. The second kappa shape index (κ2) is 6.73. The summed E-state index contributed by atoms with van der Waals surface area (Å²) in [6.07, 6.45) is 2.10. The molecule has 2 amide bonds. The Morgan fingerprint density at radius 3 is 2.81 bits per heavy atom. The van der Waals surface area contributed by atoms with Crippen molar-refractivity contribution in [2.45, 2.75) is 26.7 Å². The molecule has 1 aromatic carbocycles. The molecule has 0 saturated carbocycles. The van der Waals surface area contributed by atoms with Gasteiger partial charge in [-0.15, -0.1) is 0 Å². The van der Waals surface area contributed by atoms with Crippen LogP contribution in [0.2, 0.25) is 0 Å². The lowest BCUT2D eigenvalue weighted by Crippen LogP contribution is -2.29. The smallest absolute Gasteiger partial charge is 0.319 e. The summed E-state index contributed by atoms with van der Waals surface area (Å²) in [6, 6.07) is 5.83. The summed E-state index contributed by atoms with van der Waals surface area (Å²) in [5, 5.41) is 5.66. The fourth-order valence-corrected chi connectivity index (χ4v) is 1.96. The van der Waals surface area contributed by atoms with Gasteiger partial charge in [0.05, 0.1) is 0 Å². The standard InChI is InChI=1S/C12H17IN2O/c1-3-4-7-14-12(16)15-11-6-5-10(13)8-9(11)2/h5-6,8H,3-4,7H2,1-2H3,(H2,14,15,16). The molecule has 0 aromatic heterocycles. The number of carbonyl (C=O) groups is 1. The molecule has 0 radical (unpaired) electrons. The lowest BCUT2D eigenvalue weighted by Gasteiger charge is -2.09. The van der Waals surface area contributed by atoms with E-state index in [9.17, 15) is 4.79 Å². The number of nitrogens with one attached hydrogen (secondary N) is 2. The Balaban J connectivity index is 2.49. The van der Waals surface area contributed by atoms with Gasteiger partial charge in [0.15, 0.2) is 0 Å². The molecule has 1 aromatic rings. The Morgan fingerprint density at radius 2 is 2.19 bits per heavy atom. The zero-order chi connectivity index (χ0) is 12.0. The first-order valence-electron chi connectivity index (χ1n) is 5.44. The van der Waals surface area contributed by atoms with Crippen LogP contribution in [0, 0.1) is 10.5 Å². The van der Waals surface area contributed by atoms with Crippen LogP contribution in [-0.2, 0) is 0 Å². The largest absolute Gasteiger partial charge is 0.338 e. The van der Waals surface area contributed by atoms with Crippen LogP contribution in [-0.4, -0.2) is 12.6 Å². The van der Waals surface area contributed by atoms with Gasteiger partial charge in [0.1, 0.15) is 0 Å². The maximum absolute atomic E-state index is 11.5. The van der Waals surface area contributed by atoms with Crippen molar-refractivity contribution in [3.05, 3.63) is 27.3 Å². The number of rotatable bonds is 4. The third kappa shape index (κ3) is 4.38. The summed E-state index contributed by atoms with van der Waals surface area (Å²) in [6.45, 7) is 4.82. The summed E-state index contributed by atoms with van der Waals surface area (Å²) >= 11 is 2.26. The molecule has 0 aliphatic rings.